The summed E-state index contributed by atoms with van der Waals surface area (Å²) >= 11 is 0. The number of carbonyl (C=O) groups is 1. The number of nitrogens with one attached hydrogen (secondary N) is 2. The number of alkyl halides is 3. The minimum Gasteiger partial charge on any atom is -0.383 e. The Hall–Kier alpha value is -4.00. The number of anilines is 1. The van der Waals surface area contributed by atoms with Gasteiger partial charge in [0, 0.05) is 18.2 Å². The van der Waals surface area contributed by atoms with Gasteiger partial charge in [-0.25, -0.2) is 15.0 Å². The van der Waals surface area contributed by atoms with Crippen molar-refractivity contribution < 1.29 is 22.5 Å². The summed E-state index contributed by atoms with van der Waals surface area (Å²) in [7, 11) is 0. The quantitative estimate of drug-likeness (QED) is 0.364. The number of fused-ring (bicyclic) bond motifs is 1. The molecule has 0 radical (unpaired) electrons. The van der Waals surface area contributed by atoms with Crippen molar-refractivity contribution >= 4 is 22.8 Å². The van der Waals surface area contributed by atoms with E-state index in [9.17, 15) is 18.0 Å². The molecule has 0 saturated carbocycles. The number of hydrogen-bond acceptors (Lipinski definition) is 8. The van der Waals surface area contributed by atoms with E-state index in [0.717, 1.165) is 38.1 Å². The number of carbonyl (C=O) groups excluding carboxylic acids is 1. The third-order valence-electron chi connectivity index (χ3n) is 6.14. The van der Waals surface area contributed by atoms with E-state index in [1.807, 2.05) is 0 Å². The summed E-state index contributed by atoms with van der Waals surface area (Å²) in [6.45, 7) is 4.05. The maximum absolute atomic E-state index is 13.0. The monoisotopic (exact) mass is 500 g/mol. The fourth-order valence-electron chi connectivity index (χ4n) is 4.19. The number of likely N-dealkylation sites (tertiary alicyclic amines) is 1. The van der Waals surface area contributed by atoms with Crippen molar-refractivity contribution in [2.75, 3.05) is 18.8 Å². The fraction of sp³-hybridized carbons (Fsp3) is 0.348. The average Bonchev–Trinajstić information content (AvgIpc) is 3.59. The highest BCUT2D eigenvalue weighted by atomic mass is 19.4. The van der Waals surface area contributed by atoms with Gasteiger partial charge in [0.05, 0.1) is 22.6 Å². The number of nitrogens with two attached hydrogens (primary N) is 1. The smallest absolute Gasteiger partial charge is 0.383 e. The Morgan fingerprint density at radius 2 is 2.03 bits per heavy atom. The first-order valence-electron chi connectivity index (χ1n) is 11.4. The maximum Gasteiger partial charge on any atom is 0.416 e. The SMILES string of the molecule is C[C@@H](NC(=O)c1ncnc(N)c1CN1CCCC1)c1cc(-c2nc3ccc(C(F)(F)F)cc3[nH]2)on1. The van der Waals surface area contributed by atoms with Crippen LogP contribution in [0.2, 0.25) is 0 Å². The van der Waals surface area contributed by atoms with Crippen molar-refractivity contribution in [1.29, 1.82) is 0 Å². The molecule has 1 fully saturated rings. The zero-order valence-electron chi connectivity index (χ0n) is 19.3. The molecule has 1 aromatic carbocycles. The predicted molar refractivity (Wildman–Crippen MR) is 123 cm³/mol. The molecule has 188 valence electrons. The van der Waals surface area contributed by atoms with Crippen molar-refractivity contribution in [3.8, 4) is 11.6 Å². The first-order valence-corrected chi connectivity index (χ1v) is 11.4. The standard InChI is InChI=1S/C23H23F3N8O2/c1-12(30-22(35)19-14(20(27)29-11-28-19)10-34-6-2-3-7-34)16-9-18(36-33-16)21-31-15-5-4-13(23(24,25)26)8-17(15)32-21/h4-5,8-9,11-12H,2-3,6-7,10H2,1H3,(H,30,35)(H,31,32)(H2,27,28,29)/t12-/m1/s1. The number of amides is 1. The molecule has 1 aliphatic rings. The number of aromatic nitrogens is 5. The van der Waals surface area contributed by atoms with Gasteiger partial charge in [-0.15, -0.1) is 0 Å². The second-order valence-electron chi connectivity index (χ2n) is 8.70. The minimum atomic E-state index is -4.46. The number of imidazole rings is 1. The minimum absolute atomic E-state index is 0.197. The van der Waals surface area contributed by atoms with Crippen molar-refractivity contribution in [2.24, 2.45) is 0 Å². The van der Waals surface area contributed by atoms with E-state index in [1.165, 1.54) is 12.4 Å². The Labute approximate surface area is 203 Å². The number of nitrogen functional groups attached to an aromatic ring is 1. The molecule has 4 aromatic rings. The molecule has 4 N–H and O–H groups in total. The van der Waals surface area contributed by atoms with Gasteiger partial charge in [-0.1, -0.05) is 5.16 Å². The van der Waals surface area contributed by atoms with Crippen LogP contribution < -0.4 is 11.1 Å². The summed E-state index contributed by atoms with van der Waals surface area (Å²) in [5.41, 5.74) is 7.01. The van der Waals surface area contributed by atoms with Crippen LogP contribution in [0.1, 0.15) is 53.1 Å². The fourth-order valence-corrected chi connectivity index (χ4v) is 4.19. The van der Waals surface area contributed by atoms with Crippen LogP contribution in [0.15, 0.2) is 35.1 Å². The predicted octanol–water partition coefficient (Wildman–Crippen LogP) is 3.70. The van der Waals surface area contributed by atoms with Crippen molar-refractivity contribution in [3.63, 3.8) is 0 Å². The average molecular weight is 500 g/mol. The molecule has 0 aliphatic carbocycles. The Bertz CT molecular complexity index is 1410. The van der Waals surface area contributed by atoms with Gasteiger partial charge in [0.25, 0.3) is 5.91 Å². The number of hydrogen-bond donors (Lipinski definition) is 3. The summed E-state index contributed by atoms with van der Waals surface area (Å²) in [4.78, 5) is 30.5. The van der Waals surface area contributed by atoms with Crippen LogP contribution in [0.4, 0.5) is 19.0 Å². The lowest BCUT2D eigenvalue weighted by Crippen LogP contribution is -2.30. The van der Waals surface area contributed by atoms with E-state index in [2.05, 4.69) is 35.3 Å². The van der Waals surface area contributed by atoms with Crippen molar-refractivity contribution in [1.82, 2.24) is 35.3 Å². The molecule has 4 heterocycles. The molecule has 13 heteroatoms. The summed E-state index contributed by atoms with van der Waals surface area (Å²) in [6.07, 6.45) is -1.03. The molecule has 1 amide bonds. The normalized spacial score (nSPS) is 15.4. The van der Waals surface area contributed by atoms with Crippen LogP contribution in [0, 0.1) is 0 Å². The van der Waals surface area contributed by atoms with E-state index < -0.39 is 23.7 Å². The molecule has 1 atom stereocenters. The Morgan fingerprint density at radius 3 is 2.78 bits per heavy atom. The van der Waals surface area contributed by atoms with Crippen LogP contribution in [-0.2, 0) is 12.7 Å². The summed E-state index contributed by atoms with van der Waals surface area (Å²) < 4.78 is 44.3. The van der Waals surface area contributed by atoms with Gasteiger partial charge in [-0.3, -0.25) is 9.69 Å². The van der Waals surface area contributed by atoms with E-state index in [0.29, 0.717) is 23.3 Å². The lowest BCUT2D eigenvalue weighted by atomic mass is 10.1. The molecular formula is C23H23F3N8O2. The van der Waals surface area contributed by atoms with E-state index in [-0.39, 0.29) is 28.6 Å². The molecule has 1 aliphatic heterocycles. The highest BCUT2D eigenvalue weighted by Crippen LogP contribution is 2.32. The van der Waals surface area contributed by atoms with Gasteiger partial charge in [-0.2, -0.15) is 13.2 Å². The van der Waals surface area contributed by atoms with E-state index in [4.69, 9.17) is 10.3 Å². The third kappa shape index (κ3) is 4.73. The second kappa shape index (κ2) is 9.22. The zero-order chi connectivity index (χ0) is 25.4. The Morgan fingerprint density at radius 1 is 1.25 bits per heavy atom. The molecular weight excluding hydrogens is 477 g/mol. The molecule has 3 aromatic heterocycles. The number of aromatic amines is 1. The first kappa shape index (κ1) is 23.7. The molecule has 0 unspecified atom stereocenters. The van der Waals surface area contributed by atoms with Gasteiger partial charge in [-0.05, 0) is 51.1 Å². The maximum atomic E-state index is 13.0. The summed E-state index contributed by atoms with van der Waals surface area (Å²) in [6, 6.07) is 4.23. The molecule has 0 spiro atoms. The largest absolute Gasteiger partial charge is 0.416 e. The van der Waals surface area contributed by atoms with Crippen molar-refractivity contribution in [2.45, 2.75) is 38.5 Å². The molecule has 36 heavy (non-hydrogen) atoms. The lowest BCUT2D eigenvalue weighted by Gasteiger charge is -2.18. The number of benzene rings is 1. The highest BCUT2D eigenvalue weighted by molar-refractivity contribution is 5.94. The van der Waals surface area contributed by atoms with E-state index in [1.54, 1.807) is 13.0 Å². The molecule has 0 bridgehead atoms. The lowest BCUT2D eigenvalue weighted by molar-refractivity contribution is -0.137. The number of H-pyrrole nitrogens is 1. The first-order chi connectivity index (χ1) is 17.2. The van der Waals surface area contributed by atoms with Crippen LogP contribution >= 0.6 is 0 Å². The van der Waals surface area contributed by atoms with Crippen LogP contribution in [-0.4, -0.2) is 49.0 Å². The number of rotatable bonds is 6. The van der Waals surface area contributed by atoms with Crippen LogP contribution in [0.25, 0.3) is 22.6 Å². The number of nitrogens with zero attached hydrogens (tertiary/aromatic N) is 5. The van der Waals surface area contributed by atoms with Gasteiger partial charge in [0.1, 0.15) is 23.5 Å². The van der Waals surface area contributed by atoms with Gasteiger partial charge in [0.2, 0.25) is 5.76 Å². The summed E-state index contributed by atoms with van der Waals surface area (Å²) in [5.74, 6) is 0.269. The van der Waals surface area contributed by atoms with Crippen molar-refractivity contribution in [3.05, 3.63) is 53.1 Å². The number of halogens is 3. The van der Waals surface area contributed by atoms with Gasteiger partial charge in [0.15, 0.2) is 5.82 Å². The Kier molecular flexibility index (Phi) is 6.08. The third-order valence-corrected chi connectivity index (χ3v) is 6.14. The van der Waals surface area contributed by atoms with Crippen LogP contribution in [0.5, 0.6) is 0 Å². The van der Waals surface area contributed by atoms with Gasteiger partial charge >= 0.3 is 6.18 Å². The van der Waals surface area contributed by atoms with Gasteiger partial charge < -0.3 is 20.6 Å². The summed E-state index contributed by atoms with van der Waals surface area (Å²) in [5, 5.41) is 6.83. The topological polar surface area (TPSA) is 139 Å². The van der Waals surface area contributed by atoms with E-state index >= 15 is 0 Å². The molecule has 1 saturated heterocycles. The Balaban J connectivity index is 1.33. The highest BCUT2D eigenvalue weighted by Gasteiger charge is 2.31. The van der Waals surface area contributed by atoms with Crippen LogP contribution in [0.3, 0.4) is 0 Å². The molecule has 5 rings (SSSR count). The molecule has 10 nitrogen and oxygen atoms in total. The second-order valence-corrected chi connectivity index (χ2v) is 8.70. The zero-order valence-corrected chi connectivity index (χ0v) is 19.3.